The molecule has 1 aromatic carbocycles. The Balaban J connectivity index is 2.27. The van der Waals surface area contributed by atoms with Crippen molar-refractivity contribution in [3.63, 3.8) is 0 Å². The first-order valence-corrected chi connectivity index (χ1v) is 3.78. The van der Waals surface area contributed by atoms with Gasteiger partial charge in [0.15, 0.2) is 0 Å². The average Bonchev–Trinajstić information content (AvgIpc) is 2.53. The lowest BCUT2D eigenvalue weighted by molar-refractivity contribution is 0.623. The zero-order chi connectivity index (χ0) is 8.39. The molecule has 0 saturated carbocycles. The molecule has 4 heteroatoms. The maximum Gasteiger partial charge on any atom is 0.143 e. The molecule has 0 aromatic heterocycles. The number of rotatable bonds is 1. The molecule has 1 aliphatic heterocycles. The molecule has 12 heavy (non-hydrogen) atoms. The fourth-order valence-electron chi connectivity index (χ4n) is 1.12. The molecule has 0 amide bonds. The third-order valence-corrected chi connectivity index (χ3v) is 1.72. The van der Waals surface area contributed by atoms with Crippen LogP contribution in [0.4, 0.5) is 5.69 Å². The van der Waals surface area contributed by atoms with Crippen LogP contribution >= 0.6 is 0 Å². The Morgan fingerprint density at radius 2 is 2.00 bits per heavy atom. The lowest BCUT2D eigenvalue weighted by Gasteiger charge is -2.16. The zero-order valence-corrected chi connectivity index (χ0v) is 6.78. The fourth-order valence-corrected chi connectivity index (χ4v) is 1.12. The van der Waals surface area contributed by atoms with Gasteiger partial charge in [-0.15, -0.1) is 10.6 Å². The van der Waals surface area contributed by atoms with E-state index in [1.807, 2.05) is 42.3 Å². The molecule has 0 radical (unpaired) electrons. The topological polar surface area (TPSA) is 39.7 Å². The van der Waals surface area contributed by atoms with E-state index in [-0.39, 0.29) is 0 Å². The molecule has 0 bridgehead atoms. The van der Waals surface area contributed by atoms with E-state index in [4.69, 9.17) is 0 Å². The number of para-hydroxylation sites is 1. The number of anilines is 1. The molecule has 2 N–H and O–H groups in total. The van der Waals surface area contributed by atoms with Crippen molar-refractivity contribution in [3.05, 3.63) is 30.3 Å². The number of benzene rings is 1. The number of hydrogen-bond donors (Lipinski definition) is 2. The number of amidine groups is 1. The van der Waals surface area contributed by atoms with Gasteiger partial charge in [0, 0.05) is 0 Å². The molecule has 2 rings (SSSR count). The van der Waals surface area contributed by atoms with Gasteiger partial charge in [0.25, 0.3) is 0 Å². The predicted octanol–water partition coefficient (Wildman–Crippen LogP) is 0.849. The van der Waals surface area contributed by atoms with Crippen molar-refractivity contribution in [2.75, 3.05) is 5.01 Å². The van der Waals surface area contributed by atoms with E-state index in [1.165, 1.54) is 0 Å². The third kappa shape index (κ3) is 1.12. The Morgan fingerprint density at radius 1 is 1.25 bits per heavy atom. The summed E-state index contributed by atoms with van der Waals surface area (Å²) >= 11 is 0. The van der Waals surface area contributed by atoms with Crippen LogP contribution in [0.5, 0.6) is 0 Å². The molecular weight excluding hydrogens is 152 g/mol. The molecule has 1 aromatic rings. The van der Waals surface area contributed by atoms with Crippen molar-refractivity contribution >= 4 is 11.5 Å². The highest BCUT2D eigenvalue weighted by molar-refractivity contribution is 5.95. The first-order chi connectivity index (χ1) is 5.88. The first-order valence-electron chi connectivity index (χ1n) is 3.78. The van der Waals surface area contributed by atoms with Gasteiger partial charge in [-0.05, 0) is 19.1 Å². The molecule has 0 unspecified atom stereocenters. The summed E-state index contributed by atoms with van der Waals surface area (Å²) in [7, 11) is 0. The van der Waals surface area contributed by atoms with Crippen LogP contribution in [0.15, 0.2) is 35.4 Å². The highest BCUT2D eigenvalue weighted by atomic mass is 15.8. The highest BCUT2D eigenvalue weighted by Crippen LogP contribution is 2.12. The van der Waals surface area contributed by atoms with E-state index < -0.39 is 0 Å². The van der Waals surface area contributed by atoms with Gasteiger partial charge in [0.1, 0.15) is 5.84 Å². The van der Waals surface area contributed by atoms with Crippen molar-refractivity contribution in [1.29, 1.82) is 0 Å². The van der Waals surface area contributed by atoms with Gasteiger partial charge in [0.2, 0.25) is 0 Å². The summed E-state index contributed by atoms with van der Waals surface area (Å²) in [6, 6.07) is 9.99. The van der Waals surface area contributed by atoms with Crippen molar-refractivity contribution in [1.82, 2.24) is 11.1 Å². The maximum absolute atomic E-state index is 3.98. The summed E-state index contributed by atoms with van der Waals surface area (Å²) in [5.74, 6) is 0.904. The Morgan fingerprint density at radius 3 is 2.58 bits per heavy atom. The minimum absolute atomic E-state index is 0.904. The van der Waals surface area contributed by atoms with Gasteiger partial charge < -0.3 is 0 Å². The highest BCUT2D eigenvalue weighted by Gasteiger charge is 2.12. The smallest absolute Gasteiger partial charge is 0.143 e. The summed E-state index contributed by atoms with van der Waals surface area (Å²) in [4.78, 5) is 0. The molecule has 0 spiro atoms. The largest absolute Gasteiger partial charge is 0.243 e. The van der Waals surface area contributed by atoms with Crippen molar-refractivity contribution < 1.29 is 0 Å². The standard InChI is InChI=1S/C8H10N4/c1-7-9-10-11-12(7)8-5-3-2-4-6-8/h2-6,10-11H,1H3. The van der Waals surface area contributed by atoms with Crippen LogP contribution in [0, 0.1) is 0 Å². The third-order valence-electron chi connectivity index (χ3n) is 1.72. The van der Waals surface area contributed by atoms with Gasteiger partial charge in [-0.3, -0.25) is 0 Å². The number of hydrogen-bond acceptors (Lipinski definition) is 4. The van der Waals surface area contributed by atoms with E-state index >= 15 is 0 Å². The normalized spacial score (nSPS) is 15.8. The molecule has 0 fully saturated rings. The van der Waals surface area contributed by atoms with Crippen molar-refractivity contribution in [3.8, 4) is 0 Å². The molecule has 0 aliphatic carbocycles. The zero-order valence-electron chi connectivity index (χ0n) is 6.78. The van der Waals surface area contributed by atoms with E-state index in [9.17, 15) is 0 Å². The van der Waals surface area contributed by atoms with Crippen molar-refractivity contribution in [2.24, 2.45) is 5.10 Å². The fraction of sp³-hybridized carbons (Fsp3) is 0.125. The van der Waals surface area contributed by atoms with Crippen LogP contribution in [0.25, 0.3) is 0 Å². The minimum atomic E-state index is 0.904. The van der Waals surface area contributed by atoms with Crippen LogP contribution in [0.1, 0.15) is 6.92 Å². The number of nitrogens with one attached hydrogen (secondary N) is 2. The van der Waals surface area contributed by atoms with E-state index in [1.54, 1.807) is 0 Å². The van der Waals surface area contributed by atoms with Crippen molar-refractivity contribution in [2.45, 2.75) is 6.92 Å². The first kappa shape index (κ1) is 7.12. The number of nitrogens with zero attached hydrogens (tertiary/aromatic N) is 2. The van der Waals surface area contributed by atoms with E-state index in [0.29, 0.717) is 0 Å². The Hall–Kier alpha value is -1.55. The van der Waals surface area contributed by atoms with Crippen LogP contribution in [0.2, 0.25) is 0 Å². The van der Waals surface area contributed by atoms with E-state index in [2.05, 4.69) is 16.2 Å². The second-order valence-corrected chi connectivity index (χ2v) is 2.55. The Kier molecular flexibility index (Phi) is 1.68. The van der Waals surface area contributed by atoms with Crippen LogP contribution in [-0.4, -0.2) is 5.84 Å². The molecule has 1 aliphatic rings. The van der Waals surface area contributed by atoms with Gasteiger partial charge in [-0.2, -0.15) is 0 Å². The molecule has 1 heterocycles. The lowest BCUT2D eigenvalue weighted by atomic mass is 10.3. The van der Waals surface area contributed by atoms with Gasteiger partial charge >= 0.3 is 0 Å². The maximum atomic E-state index is 3.98. The van der Waals surface area contributed by atoms with Crippen LogP contribution in [-0.2, 0) is 0 Å². The summed E-state index contributed by atoms with van der Waals surface area (Å²) in [6.45, 7) is 1.93. The van der Waals surface area contributed by atoms with Crippen LogP contribution in [0.3, 0.4) is 0 Å². The summed E-state index contributed by atoms with van der Waals surface area (Å²) < 4.78 is 0. The van der Waals surface area contributed by atoms with Gasteiger partial charge in [-0.25, -0.2) is 10.5 Å². The predicted molar refractivity (Wildman–Crippen MR) is 48.3 cm³/mol. The quantitative estimate of drug-likeness (QED) is 0.643. The monoisotopic (exact) mass is 162 g/mol. The summed E-state index contributed by atoms with van der Waals surface area (Å²) in [6.07, 6.45) is 0. The molecular formula is C8H10N4. The second-order valence-electron chi connectivity index (χ2n) is 2.55. The molecule has 0 saturated heterocycles. The minimum Gasteiger partial charge on any atom is -0.243 e. The number of hydrazone groups is 1. The molecule has 0 atom stereocenters. The van der Waals surface area contributed by atoms with E-state index in [0.717, 1.165) is 11.5 Å². The van der Waals surface area contributed by atoms with Gasteiger partial charge in [-0.1, -0.05) is 18.2 Å². The number of hydrazine groups is 2. The lowest BCUT2D eigenvalue weighted by Crippen LogP contribution is -2.39. The SMILES string of the molecule is CC1=NNNN1c1ccccc1. The van der Waals surface area contributed by atoms with Gasteiger partial charge in [0.05, 0.1) is 5.69 Å². The molecule has 4 nitrogen and oxygen atoms in total. The Labute approximate surface area is 70.8 Å². The summed E-state index contributed by atoms with van der Waals surface area (Å²) in [5.41, 5.74) is 6.66. The summed E-state index contributed by atoms with van der Waals surface area (Å²) in [5, 5.41) is 5.85. The molecule has 62 valence electrons. The Bertz CT molecular complexity index is 293. The second kappa shape index (κ2) is 2.83. The van der Waals surface area contributed by atoms with Crippen LogP contribution < -0.4 is 16.1 Å². The average molecular weight is 162 g/mol.